The van der Waals surface area contributed by atoms with Crippen LogP contribution in [0.2, 0.25) is 0 Å². The first-order valence-corrected chi connectivity index (χ1v) is 11.5. The van der Waals surface area contributed by atoms with Crippen LogP contribution in [-0.4, -0.2) is 41.2 Å². The molecule has 28 heavy (non-hydrogen) atoms. The van der Waals surface area contributed by atoms with Crippen molar-refractivity contribution in [3.05, 3.63) is 24.3 Å². The molecule has 2 heterocycles. The summed E-state index contributed by atoms with van der Waals surface area (Å²) in [5, 5.41) is 0. The summed E-state index contributed by atoms with van der Waals surface area (Å²) < 4.78 is 18.1. The van der Waals surface area contributed by atoms with Gasteiger partial charge in [0.2, 0.25) is 0 Å². The SMILES string of the molecule is O=C(C[C@H]1C[C@@H](CSc2nc3ccccc3s2)OC(=O)O1)OC1CCCCC1. The van der Waals surface area contributed by atoms with Gasteiger partial charge in [0.25, 0.3) is 0 Å². The van der Waals surface area contributed by atoms with E-state index in [4.69, 9.17) is 14.2 Å². The van der Waals surface area contributed by atoms with Crippen LogP contribution >= 0.6 is 23.1 Å². The minimum Gasteiger partial charge on any atom is -0.462 e. The highest BCUT2D eigenvalue weighted by atomic mass is 32.2. The van der Waals surface area contributed by atoms with Crippen molar-refractivity contribution in [1.82, 2.24) is 4.98 Å². The first-order chi connectivity index (χ1) is 13.7. The standard InChI is InChI=1S/C20H23NO5S2/c22-18(24-13-6-2-1-3-7-13)11-14-10-15(26-20(23)25-14)12-27-19-21-16-8-4-5-9-17(16)28-19/h4-5,8-9,13-15H,1-3,6-7,10-12H2/t14-,15+/m1/s1. The van der Waals surface area contributed by atoms with Gasteiger partial charge in [-0.25, -0.2) is 9.78 Å². The number of ether oxygens (including phenoxy) is 3. The molecule has 0 spiro atoms. The molecule has 1 aliphatic carbocycles. The van der Waals surface area contributed by atoms with E-state index in [0.29, 0.717) is 12.2 Å². The quantitative estimate of drug-likeness (QED) is 0.482. The van der Waals surface area contributed by atoms with E-state index in [0.717, 1.165) is 40.2 Å². The Morgan fingerprint density at radius 3 is 2.79 bits per heavy atom. The molecular formula is C20H23NO5S2. The minimum atomic E-state index is -0.711. The molecule has 2 aromatic rings. The lowest BCUT2D eigenvalue weighted by Crippen LogP contribution is -2.37. The van der Waals surface area contributed by atoms with Gasteiger partial charge in [-0.2, -0.15) is 0 Å². The molecule has 0 bridgehead atoms. The summed E-state index contributed by atoms with van der Waals surface area (Å²) in [4.78, 5) is 28.6. The maximum atomic E-state index is 12.2. The van der Waals surface area contributed by atoms with Gasteiger partial charge in [-0.1, -0.05) is 30.3 Å². The highest BCUT2D eigenvalue weighted by molar-refractivity contribution is 8.01. The van der Waals surface area contributed by atoms with E-state index in [-0.39, 0.29) is 24.6 Å². The van der Waals surface area contributed by atoms with Gasteiger partial charge in [-0.15, -0.1) is 11.3 Å². The number of esters is 1. The molecule has 8 heteroatoms. The predicted molar refractivity (Wildman–Crippen MR) is 108 cm³/mol. The van der Waals surface area contributed by atoms with E-state index in [1.165, 1.54) is 6.42 Å². The molecule has 6 nitrogen and oxygen atoms in total. The fourth-order valence-corrected chi connectivity index (χ4v) is 5.70. The second kappa shape index (κ2) is 9.13. The van der Waals surface area contributed by atoms with Crippen LogP contribution in [-0.2, 0) is 19.0 Å². The Balaban J connectivity index is 1.27. The molecule has 0 N–H and O–H groups in total. The van der Waals surface area contributed by atoms with E-state index >= 15 is 0 Å². The third-order valence-corrected chi connectivity index (χ3v) is 7.27. The summed E-state index contributed by atoms with van der Waals surface area (Å²) in [5.41, 5.74) is 0.974. The number of rotatable bonds is 6. The molecule has 2 fully saturated rings. The average Bonchev–Trinajstić information content (AvgIpc) is 3.10. The minimum absolute atomic E-state index is 0.0159. The molecule has 1 saturated heterocycles. The molecule has 1 aromatic carbocycles. The summed E-state index contributed by atoms with van der Waals surface area (Å²) in [6.45, 7) is 0. The summed E-state index contributed by atoms with van der Waals surface area (Å²) in [6.07, 6.45) is 4.38. The normalized spacial score (nSPS) is 23.2. The molecule has 150 valence electrons. The molecule has 1 saturated carbocycles. The zero-order valence-corrected chi connectivity index (χ0v) is 17.1. The van der Waals surface area contributed by atoms with Crippen LogP contribution in [0.1, 0.15) is 44.9 Å². The van der Waals surface area contributed by atoms with Gasteiger partial charge in [0.05, 0.1) is 16.6 Å². The smallest absolute Gasteiger partial charge is 0.462 e. The second-order valence-electron chi connectivity index (χ2n) is 7.18. The fraction of sp³-hybridized carbons (Fsp3) is 0.550. The molecule has 1 aliphatic heterocycles. The molecule has 0 amide bonds. The lowest BCUT2D eigenvalue weighted by Gasteiger charge is -2.29. The number of thioether (sulfide) groups is 1. The Morgan fingerprint density at radius 2 is 1.96 bits per heavy atom. The first kappa shape index (κ1) is 19.5. The number of aromatic nitrogens is 1. The second-order valence-corrected chi connectivity index (χ2v) is 9.48. The van der Waals surface area contributed by atoms with Gasteiger partial charge >= 0.3 is 12.1 Å². The Hall–Kier alpha value is -1.80. The van der Waals surface area contributed by atoms with Crippen molar-refractivity contribution >= 4 is 45.4 Å². The van der Waals surface area contributed by atoms with E-state index in [1.54, 1.807) is 23.1 Å². The van der Waals surface area contributed by atoms with E-state index in [2.05, 4.69) is 4.98 Å². The van der Waals surface area contributed by atoms with Crippen molar-refractivity contribution in [3.63, 3.8) is 0 Å². The monoisotopic (exact) mass is 421 g/mol. The Kier molecular flexibility index (Phi) is 6.36. The molecule has 0 unspecified atom stereocenters. The third kappa shape index (κ3) is 5.17. The number of fused-ring (bicyclic) bond motifs is 1. The Bertz CT molecular complexity index is 800. The number of carbonyl (C=O) groups excluding carboxylic acids is 2. The molecule has 4 rings (SSSR count). The first-order valence-electron chi connectivity index (χ1n) is 9.71. The molecule has 1 aromatic heterocycles. The number of para-hydroxylation sites is 1. The van der Waals surface area contributed by atoms with Gasteiger partial charge in [0.1, 0.15) is 18.3 Å². The summed E-state index contributed by atoms with van der Waals surface area (Å²) >= 11 is 3.19. The Morgan fingerprint density at radius 1 is 1.18 bits per heavy atom. The highest BCUT2D eigenvalue weighted by Crippen LogP contribution is 2.32. The summed E-state index contributed by atoms with van der Waals surface area (Å²) in [7, 11) is 0. The number of hydrogen-bond donors (Lipinski definition) is 0. The highest BCUT2D eigenvalue weighted by Gasteiger charge is 2.32. The van der Waals surface area contributed by atoms with Crippen molar-refractivity contribution in [2.45, 2.75) is 67.6 Å². The number of carbonyl (C=O) groups is 2. The number of nitrogens with zero attached hydrogens (tertiary/aromatic N) is 1. The van der Waals surface area contributed by atoms with Crippen LogP contribution in [0.5, 0.6) is 0 Å². The van der Waals surface area contributed by atoms with Crippen molar-refractivity contribution < 1.29 is 23.8 Å². The predicted octanol–water partition coefficient (Wildman–Crippen LogP) is 4.95. The third-order valence-electron chi connectivity index (χ3n) is 4.96. The lowest BCUT2D eigenvalue weighted by atomic mass is 9.98. The van der Waals surface area contributed by atoms with Gasteiger partial charge in [-0.05, 0) is 37.8 Å². The molecule has 2 atom stereocenters. The maximum absolute atomic E-state index is 12.2. The number of cyclic esters (lactones) is 2. The fourth-order valence-electron chi connectivity index (χ4n) is 3.60. The topological polar surface area (TPSA) is 74.7 Å². The summed E-state index contributed by atoms with van der Waals surface area (Å²) in [5.74, 6) is 0.299. The van der Waals surface area contributed by atoms with Crippen LogP contribution in [0, 0.1) is 0 Å². The Labute approximate surface area is 171 Å². The number of thiazole rings is 1. The van der Waals surface area contributed by atoms with E-state index in [1.807, 2.05) is 24.3 Å². The largest absolute Gasteiger partial charge is 0.508 e. The van der Waals surface area contributed by atoms with Crippen LogP contribution in [0.3, 0.4) is 0 Å². The maximum Gasteiger partial charge on any atom is 0.508 e. The van der Waals surface area contributed by atoms with Crippen molar-refractivity contribution in [3.8, 4) is 0 Å². The summed E-state index contributed by atoms with van der Waals surface area (Å²) in [6, 6.07) is 7.98. The van der Waals surface area contributed by atoms with Crippen LogP contribution in [0.15, 0.2) is 28.6 Å². The van der Waals surface area contributed by atoms with Crippen LogP contribution in [0.25, 0.3) is 10.2 Å². The zero-order chi connectivity index (χ0) is 19.3. The van der Waals surface area contributed by atoms with Crippen molar-refractivity contribution in [2.24, 2.45) is 0 Å². The number of hydrogen-bond acceptors (Lipinski definition) is 8. The van der Waals surface area contributed by atoms with Crippen LogP contribution < -0.4 is 0 Å². The average molecular weight is 422 g/mol. The number of benzene rings is 1. The molecular weight excluding hydrogens is 398 g/mol. The van der Waals surface area contributed by atoms with Gasteiger partial charge in [-0.3, -0.25) is 4.79 Å². The van der Waals surface area contributed by atoms with Gasteiger partial charge in [0.15, 0.2) is 4.34 Å². The van der Waals surface area contributed by atoms with E-state index < -0.39 is 12.3 Å². The van der Waals surface area contributed by atoms with E-state index in [9.17, 15) is 9.59 Å². The van der Waals surface area contributed by atoms with Crippen molar-refractivity contribution in [2.75, 3.05) is 5.75 Å². The van der Waals surface area contributed by atoms with Gasteiger partial charge < -0.3 is 14.2 Å². The zero-order valence-electron chi connectivity index (χ0n) is 15.5. The van der Waals surface area contributed by atoms with Gasteiger partial charge in [0, 0.05) is 12.2 Å². The molecule has 2 aliphatic rings. The lowest BCUT2D eigenvalue weighted by molar-refractivity contribution is -0.154. The molecule has 0 radical (unpaired) electrons. The van der Waals surface area contributed by atoms with Crippen molar-refractivity contribution in [1.29, 1.82) is 0 Å². The van der Waals surface area contributed by atoms with Crippen LogP contribution in [0.4, 0.5) is 4.79 Å².